The zero-order valence-corrected chi connectivity index (χ0v) is 10.2. The molecule has 1 aromatic carbocycles. The Kier molecular flexibility index (Phi) is 2.90. The number of halogens is 1. The lowest BCUT2D eigenvalue weighted by Gasteiger charge is -2.08. The molecule has 0 saturated heterocycles. The van der Waals surface area contributed by atoms with Crippen LogP contribution in [0.15, 0.2) is 28.9 Å². The minimum absolute atomic E-state index is 0.0971. The number of nitrogens with one attached hydrogen (secondary N) is 2. The molecule has 0 radical (unpaired) electrons. The molecule has 0 aliphatic carbocycles. The third-order valence-corrected chi connectivity index (χ3v) is 3.01. The number of imide groups is 1. The molecule has 2 amide bonds. The van der Waals surface area contributed by atoms with Crippen molar-refractivity contribution in [3.05, 3.63) is 40.1 Å². The van der Waals surface area contributed by atoms with Gasteiger partial charge in [-0.15, -0.1) is 0 Å². The van der Waals surface area contributed by atoms with Crippen LogP contribution in [0.1, 0.15) is 11.1 Å². The van der Waals surface area contributed by atoms with Crippen molar-refractivity contribution in [3.63, 3.8) is 0 Å². The van der Waals surface area contributed by atoms with Crippen LogP contribution < -0.4 is 10.6 Å². The highest BCUT2D eigenvalue weighted by molar-refractivity contribution is 6.48. The lowest BCUT2D eigenvalue weighted by Crippen LogP contribution is -2.24. The van der Waals surface area contributed by atoms with E-state index in [1.165, 1.54) is 0 Å². The van der Waals surface area contributed by atoms with Gasteiger partial charge in [0.05, 0.1) is 0 Å². The van der Waals surface area contributed by atoms with E-state index in [1.807, 2.05) is 32.0 Å². The van der Waals surface area contributed by atoms with Gasteiger partial charge in [0.15, 0.2) is 0 Å². The summed E-state index contributed by atoms with van der Waals surface area (Å²) in [4.78, 5) is 22.6. The van der Waals surface area contributed by atoms with Gasteiger partial charge in [0.25, 0.3) is 11.8 Å². The zero-order chi connectivity index (χ0) is 12.6. The van der Waals surface area contributed by atoms with E-state index in [0.29, 0.717) is 0 Å². The zero-order valence-electron chi connectivity index (χ0n) is 9.43. The summed E-state index contributed by atoms with van der Waals surface area (Å²) in [5.74, 6) is -1.07. The molecule has 0 aromatic heterocycles. The Balaban J connectivity index is 2.30. The third kappa shape index (κ3) is 2.17. The highest BCUT2D eigenvalue weighted by atomic mass is 35.5. The first kappa shape index (κ1) is 11.7. The van der Waals surface area contributed by atoms with Crippen LogP contribution in [-0.2, 0) is 9.59 Å². The predicted octanol–water partition coefficient (Wildman–Crippen LogP) is 1.82. The summed E-state index contributed by atoms with van der Waals surface area (Å²) in [6, 6.07) is 5.65. The maximum absolute atomic E-state index is 11.4. The van der Waals surface area contributed by atoms with Crippen LogP contribution in [0.2, 0.25) is 0 Å². The van der Waals surface area contributed by atoms with Crippen molar-refractivity contribution >= 4 is 29.1 Å². The van der Waals surface area contributed by atoms with Crippen LogP contribution in [0.4, 0.5) is 5.69 Å². The number of hydrogen-bond acceptors (Lipinski definition) is 3. The topological polar surface area (TPSA) is 58.2 Å². The molecule has 1 aliphatic rings. The van der Waals surface area contributed by atoms with Gasteiger partial charge in [0.2, 0.25) is 0 Å². The lowest BCUT2D eigenvalue weighted by molar-refractivity contribution is -0.123. The van der Waals surface area contributed by atoms with Crippen molar-refractivity contribution < 1.29 is 9.59 Å². The van der Waals surface area contributed by atoms with Gasteiger partial charge in [-0.1, -0.05) is 17.7 Å². The first-order chi connectivity index (χ1) is 7.99. The molecule has 2 rings (SSSR count). The van der Waals surface area contributed by atoms with Gasteiger partial charge in [0.1, 0.15) is 10.7 Å². The number of aryl methyl sites for hydroxylation is 2. The first-order valence-corrected chi connectivity index (χ1v) is 5.46. The SMILES string of the molecule is Cc1ccc(NC2=C(Cl)C(=O)NC2=O)cc1C. The van der Waals surface area contributed by atoms with Crippen molar-refractivity contribution in [3.8, 4) is 0 Å². The van der Waals surface area contributed by atoms with Crippen LogP contribution in [0.3, 0.4) is 0 Å². The van der Waals surface area contributed by atoms with Crippen molar-refractivity contribution in [2.24, 2.45) is 0 Å². The molecule has 88 valence electrons. The second kappa shape index (κ2) is 4.22. The van der Waals surface area contributed by atoms with Gasteiger partial charge < -0.3 is 5.32 Å². The van der Waals surface area contributed by atoms with Crippen molar-refractivity contribution in [2.75, 3.05) is 5.32 Å². The number of benzene rings is 1. The normalized spacial score (nSPS) is 15.2. The largest absolute Gasteiger partial charge is 0.350 e. The van der Waals surface area contributed by atoms with Gasteiger partial charge in [-0.25, -0.2) is 0 Å². The summed E-state index contributed by atoms with van der Waals surface area (Å²) >= 11 is 5.73. The van der Waals surface area contributed by atoms with E-state index in [0.717, 1.165) is 16.8 Å². The molecule has 0 atom stereocenters. The molecule has 0 saturated carbocycles. The van der Waals surface area contributed by atoms with Crippen LogP contribution in [-0.4, -0.2) is 11.8 Å². The smallest absolute Gasteiger partial charge is 0.276 e. The number of anilines is 1. The summed E-state index contributed by atoms with van der Waals surface area (Å²) in [5.41, 5.74) is 3.07. The molecule has 0 bridgehead atoms. The standard InChI is InChI=1S/C12H11ClN2O2/c1-6-3-4-8(5-7(6)2)14-10-9(13)11(16)15-12(10)17/h3-5H,1-2H3,(H2,14,15,16,17). The minimum Gasteiger partial charge on any atom is -0.350 e. The Bertz CT molecular complexity index is 549. The van der Waals surface area contributed by atoms with Crippen LogP contribution in [0, 0.1) is 13.8 Å². The quantitative estimate of drug-likeness (QED) is 0.788. The van der Waals surface area contributed by atoms with E-state index in [9.17, 15) is 9.59 Å². The third-order valence-electron chi connectivity index (χ3n) is 2.65. The molecule has 2 N–H and O–H groups in total. The van der Waals surface area contributed by atoms with Gasteiger partial charge in [-0.05, 0) is 37.1 Å². The molecule has 5 heteroatoms. The second-order valence-electron chi connectivity index (χ2n) is 3.90. The summed E-state index contributed by atoms with van der Waals surface area (Å²) in [6.07, 6.45) is 0. The van der Waals surface area contributed by atoms with Gasteiger partial charge >= 0.3 is 0 Å². The van der Waals surface area contributed by atoms with Crippen molar-refractivity contribution in [1.29, 1.82) is 0 Å². The highest BCUT2D eigenvalue weighted by Gasteiger charge is 2.29. The summed E-state index contributed by atoms with van der Waals surface area (Å²) in [6.45, 7) is 3.97. The van der Waals surface area contributed by atoms with Crippen LogP contribution in [0.5, 0.6) is 0 Å². The predicted molar refractivity (Wildman–Crippen MR) is 65.6 cm³/mol. The lowest BCUT2D eigenvalue weighted by atomic mass is 10.1. The molecule has 17 heavy (non-hydrogen) atoms. The fraction of sp³-hybridized carbons (Fsp3) is 0.167. The monoisotopic (exact) mass is 250 g/mol. The molecule has 1 aromatic rings. The molecular formula is C12H11ClN2O2. The summed E-state index contributed by atoms with van der Waals surface area (Å²) in [7, 11) is 0. The first-order valence-electron chi connectivity index (χ1n) is 5.09. The van der Waals surface area contributed by atoms with Gasteiger partial charge in [-0.3, -0.25) is 14.9 Å². The van der Waals surface area contributed by atoms with E-state index in [4.69, 9.17) is 11.6 Å². The van der Waals surface area contributed by atoms with Gasteiger partial charge in [-0.2, -0.15) is 0 Å². The Morgan fingerprint density at radius 2 is 1.82 bits per heavy atom. The number of carbonyl (C=O) groups excluding carboxylic acids is 2. The molecule has 0 spiro atoms. The minimum atomic E-state index is -0.567. The van der Waals surface area contributed by atoms with E-state index >= 15 is 0 Å². The maximum atomic E-state index is 11.4. The summed E-state index contributed by atoms with van der Waals surface area (Å²) in [5, 5.41) is 4.87. The Hall–Kier alpha value is -1.81. The fourth-order valence-corrected chi connectivity index (χ4v) is 1.69. The molecule has 1 heterocycles. The fourth-order valence-electron chi connectivity index (χ4n) is 1.51. The van der Waals surface area contributed by atoms with E-state index in [1.54, 1.807) is 0 Å². The summed E-state index contributed by atoms with van der Waals surface area (Å²) < 4.78 is 0. The highest BCUT2D eigenvalue weighted by Crippen LogP contribution is 2.21. The number of amides is 2. The number of rotatable bonds is 2. The van der Waals surface area contributed by atoms with Crippen molar-refractivity contribution in [1.82, 2.24) is 5.32 Å². The molecule has 4 nitrogen and oxygen atoms in total. The average Bonchev–Trinajstić information content (AvgIpc) is 2.50. The van der Waals surface area contributed by atoms with Crippen LogP contribution >= 0.6 is 11.6 Å². The molecule has 0 fully saturated rings. The molecular weight excluding hydrogens is 240 g/mol. The van der Waals surface area contributed by atoms with E-state index in [2.05, 4.69) is 10.6 Å². The Morgan fingerprint density at radius 1 is 1.12 bits per heavy atom. The average molecular weight is 251 g/mol. The molecule has 1 aliphatic heterocycles. The maximum Gasteiger partial charge on any atom is 0.276 e. The van der Waals surface area contributed by atoms with Crippen molar-refractivity contribution in [2.45, 2.75) is 13.8 Å². The molecule has 0 unspecified atom stereocenters. The van der Waals surface area contributed by atoms with E-state index < -0.39 is 11.8 Å². The van der Waals surface area contributed by atoms with Crippen LogP contribution in [0.25, 0.3) is 0 Å². The van der Waals surface area contributed by atoms with E-state index in [-0.39, 0.29) is 10.7 Å². The van der Waals surface area contributed by atoms with Gasteiger partial charge in [0, 0.05) is 5.69 Å². The Morgan fingerprint density at radius 3 is 2.35 bits per heavy atom. The number of carbonyl (C=O) groups is 2. The second-order valence-corrected chi connectivity index (χ2v) is 4.27. The number of hydrogen-bond donors (Lipinski definition) is 2. The Labute approximate surface area is 104 Å².